The third-order valence-corrected chi connectivity index (χ3v) is 6.90. The number of aryl methyl sites for hydroxylation is 1. The molecule has 172 valence electrons. The number of rotatable bonds is 5. The Morgan fingerprint density at radius 3 is 2.50 bits per heavy atom. The monoisotopic (exact) mass is 452 g/mol. The van der Waals surface area contributed by atoms with Gasteiger partial charge in [-0.3, -0.25) is 14.6 Å². The van der Waals surface area contributed by atoms with Crippen LogP contribution in [0, 0.1) is 0 Å². The summed E-state index contributed by atoms with van der Waals surface area (Å²) in [6, 6.07) is 13.2. The number of piperidine rings is 1. The van der Waals surface area contributed by atoms with Crippen molar-refractivity contribution in [3.8, 4) is 22.4 Å². The molecule has 0 aliphatic carbocycles. The van der Waals surface area contributed by atoms with Crippen molar-refractivity contribution in [2.75, 3.05) is 20.2 Å². The molecule has 0 bridgehead atoms. The molecule has 0 spiro atoms. The molecule has 5 aromatic rings. The van der Waals surface area contributed by atoms with Gasteiger partial charge in [-0.15, -0.1) is 0 Å². The van der Waals surface area contributed by atoms with Gasteiger partial charge in [0.15, 0.2) is 0 Å². The Balaban J connectivity index is 1.27. The molecule has 34 heavy (non-hydrogen) atoms. The van der Waals surface area contributed by atoms with Gasteiger partial charge in [-0.1, -0.05) is 24.3 Å². The Labute approximate surface area is 198 Å². The first kappa shape index (κ1) is 21.0. The van der Waals surface area contributed by atoms with Gasteiger partial charge in [0.25, 0.3) is 0 Å². The van der Waals surface area contributed by atoms with Crippen molar-refractivity contribution in [1.29, 1.82) is 0 Å². The van der Waals surface area contributed by atoms with Gasteiger partial charge < -0.3 is 9.72 Å². The van der Waals surface area contributed by atoms with Gasteiger partial charge >= 0.3 is 0 Å². The maximum Gasteiger partial charge on any atom is 0.138 e. The number of hydrogen-bond donors (Lipinski definition) is 1. The van der Waals surface area contributed by atoms with Crippen molar-refractivity contribution in [2.45, 2.75) is 25.5 Å². The van der Waals surface area contributed by atoms with Crippen LogP contribution >= 0.6 is 0 Å². The number of likely N-dealkylation sites (tertiary alicyclic amines) is 1. The first-order valence-corrected chi connectivity index (χ1v) is 11.8. The van der Waals surface area contributed by atoms with Gasteiger partial charge in [0.2, 0.25) is 0 Å². The SMILES string of the molecule is COC1CCN(Cc2ccc(-c3cnc4[nH]c5cnc(-c6cnn(C)c6)cc5c4c3)cc2)CC1. The smallest absolute Gasteiger partial charge is 0.138 e. The molecule has 1 aromatic carbocycles. The van der Waals surface area contributed by atoms with Crippen LogP contribution in [0.15, 0.2) is 61.2 Å². The fourth-order valence-corrected chi connectivity index (χ4v) is 4.91. The van der Waals surface area contributed by atoms with Crippen LogP contribution in [0.1, 0.15) is 18.4 Å². The number of aromatic amines is 1. The van der Waals surface area contributed by atoms with Crippen LogP contribution in [0.2, 0.25) is 0 Å². The summed E-state index contributed by atoms with van der Waals surface area (Å²) in [6.45, 7) is 3.18. The molecule has 1 aliphatic heterocycles. The van der Waals surface area contributed by atoms with Crippen LogP contribution in [-0.4, -0.2) is 55.9 Å². The van der Waals surface area contributed by atoms with Gasteiger partial charge in [0.05, 0.1) is 29.7 Å². The van der Waals surface area contributed by atoms with E-state index in [2.05, 4.69) is 56.4 Å². The van der Waals surface area contributed by atoms with E-state index in [0.29, 0.717) is 6.10 Å². The molecular formula is C27H28N6O. The molecule has 4 aromatic heterocycles. The zero-order chi connectivity index (χ0) is 23.1. The summed E-state index contributed by atoms with van der Waals surface area (Å²) >= 11 is 0. The van der Waals surface area contributed by atoms with E-state index in [4.69, 9.17) is 9.72 Å². The lowest BCUT2D eigenvalue weighted by molar-refractivity contribution is 0.0389. The lowest BCUT2D eigenvalue weighted by atomic mass is 10.0. The van der Waals surface area contributed by atoms with Crippen molar-refractivity contribution < 1.29 is 4.74 Å². The summed E-state index contributed by atoms with van der Waals surface area (Å²) in [5.41, 5.74) is 7.40. The van der Waals surface area contributed by atoms with Crippen LogP contribution in [-0.2, 0) is 18.3 Å². The Morgan fingerprint density at radius 2 is 1.76 bits per heavy atom. The van der Waals surface area contributed by atoms with Crippen LogP contribution in [0.5, 0.6) is 0 Å². The predicted molar refractivity (Wildman–Crippen MR) is 134 cm³/mol. The van der Waals surface area contributed by atoms with E-state index in [9.17, 15) is 0 Å². The number of nitrogens with one attached hydrogen (secondary N) is 1. The van der Waals surface area contributed by atoms with Crippen molar-refractivity contribution in [2.24, 2.45) is 7.05 Å². The lowest BCUT2D eigenvalue weighted by Crippen LogP contribution is -2.36. The molecule has 1 aliphatic rings. The number of fused-ring (bicyclic) bond motifs is 3. The zero-order valence-corrected chi connectivity index (χ0v) is 19.5. The zero-order valence-electron chi connectivity index (χ0n) is 19.5. The van der Waals surface area contributed by atoms with E-state index in [0.717, 1.165) is 71.2 Å². The maximum atomic E-state index is 5.49. The molecule has 5 heterocycles. The van der Waals surface area contributed by atoms with E-state index < -0.39 is 0 Å². The quantitative estimate of drug-likeness (QED) is 0.415. The Hall–Kier alpha value is -3.55. The van der Waals surface area contributed by atoms with E-state index in [1.165, 1.54) is 11.1 Å². The third-order valence-electron chi connectivity index (χ3n) is 6.90. The topological polar surface area (TPSA) is 71.9 Å². The fraction of sp³-hybridized carbons (Fsp3) is 0.296. The highest BCUT2D eigenvalue weighted by molar-refractivity contribution is 6.07. The molecule has 0 unspecified atom stereocenters. The number of methoxy groups -OCH3 is 1. The molecule has 0 amide bonds. The Kier molecular flexibility index (Phi) is 5.36. The number of benzene rings is 1. The van der Waals surface area contributed by atoms with E-state index in [1.807, 2.05) is 38.9 Å². The average molecular weight is 453 g/mol. The Morgan fingerprint density at radius 1 is 0.941 bits per heavy atom. The highest BCUT2D eigenvalue weighted by Gasteiger charge is 2.18. The number of aromatic nitrogens is 5. The molecule has 1 N–H and O–H groups in total. The predicted octanol–water partition coefficient (Wildman–Crippen LogP) is 4.79. The van der Waals surface area contributed by atoms with Gasteiger partial charge in [-0.25, -0.2) is 4.98 Å². The van der Waals surface area contributed by atoms with Gasteiger partial charge in [-0.2, -0.15) is 5.10 Å². The van der Waals surface area contributed by atoms with Crippen LogP contribution in [0.4, 0.5) is 0 Å². The minimum atomic E-state index is 0.418. The third kappa shape index (κ3) is 3.97. The van der Waals surface area contributed by atoms with Crippen LogP contribution in [0.3, 0.4) is 0 Å². The van der Waals surface area contributed by atoms with Crippen molar-refractivity contribution in [3.63, 3.8) is 0 Å². The summed E-state index contributed by atoms with van der Waals surface area (Å²) in [7, 11) is 3.73. The van der Waals surface area contributed by atoms with Gasteiger partial charge in [0, 0.05) is 68.1 Å². The number of nitrogens with zero attached hydrogens (tertiary/aromatic N) is 5. The number of hydrogen-bond acceptors (Lipinski definition) is 5. The van der Waals surface area contributed by atoms with E-state index in [1.54, 1.807) is 4.68 Å². The molecule has 0 atom stereocenters. The second-order valence-corrected chi connectivity index (χ2v) is 9.17. The molecule has 7 nitrogen and oxygen atoms in total. The number of ether oxygens (including phenoxy) is 1. The summed E-state index contributed by atoms with van der Waals surface area (Å²) in [4.78, 5) is 15.2. The normalized spacial score (nSPS) is 15.5. The second kappa shape index (κ2) is 8.66. The van der Waals surface area contributed by atoms with E-state index >= 15 is 0 Å². The van der Waals surface area contributed by atoms with E-state index in [-0.39, 0.29) is 0 Å². The first-order valence-electron chi connectivity index (χ1n) is 11.8. The van der Waals surface area contributed by atoms with Crippen molar-refractivity contribution in [1.82, 2.24) is 29.6 Å². The lowest BCUT2D eigenvalue weighted by Gasteiger charge is -2.31. The molecule has 0 saturated carbocycles. The highest BCUT2D eigenvalue weighted by Crippen LogP contribution is 2.31. The Bertz CT molecular complexity index is 1440. The molecule has 7 heteroatoms. The molecule has 0 radical (unpaired) electrons. The van der Waals surface area contributed by atoms with Gasteiger partial charge in [-0.05, 0) is 36.1 Å². The largest absolute Gasteiger partial charge is 0.381 e. The summed E-state index contributed by atoms with van der Waals surface area (Å²) in [6.07, 6.45) is 10.3. The minimum Gasteiger partial charge on any atom is -0.381 e. The minimum absolute atomic E-state index is 0.418. The first-order chi connectivity index (χ1) is 16.7. The number of H-pyrrole nitrogens is 1. The molecule has 6 rings (SSSR count). The average Bonchev–Trinajstić information content (AvgIpc) is 3.47. The molecular weight excluding hydrogens is 424 g/mol. The summed E-state index contributed by atoms with van der Waals surface area (Å²) in [5, 5.41) is 6.50. The summed E-state index contributed by atoms with van der Waals surface area (Å²) in [5.74, 6) is 0. The van der Waals surface area contributed by atoms with Crippen molar-refractivity contribution in [3.05, 3.63) is 66.7 Å². The maximum absolute atomic E-state index is 5.49. The van der Waals surface area contributed by atoms with Crippen LogP contribution < -0.4 is 0 Å². The fourth-order valence-electron chi connectivity index (χ4n) is 4.91. The standard InChI is InChI=1S/C27H28N6O/c1-32-17-21(14-30-32)25-12-23-24-11-20(13-29-27(24)31-26(23)15-28-25)19-5-3-18(4-6-19)16-33-9-7-22(34-2)8-10-33/h3-6,11-15,17,22H,7-10,16H2,1-2H3,(H,29,31). The number of pyridine rings is 2. The molecule has 1 fully saturated rings. The summed E-state index contributed by atoms with van der Waals surface area (Å²) < 4.78 is 7.29. The van der Waals surface area contributed by atoms with Crippen LogP contribution in [0.25, 0.3) is 44.3 Å². The molecule has 1 saturated heterocycles. The highest BCUT2D eigenvalue weighted by atomic mass is 16.5. The van der Waals surface area contributed by atoms with Crippen molar-refractivity contribution >= 4 is 21.9 Å². The second-order valence-electron chi connectivity index (χ2n) is 9.17. The van der Waals surface area contributed by atoms with Gasteiger partial charge in [0.1, 0.15) is 5.65 Å².